The SMILES string of the molecule is C=CC(=O)N1CC2(CC(n3nc(-c4ccc(CO)cc4)c(/C=c4\cn[nH]c4=C)c3C)C2)C1.C=CCl.CC. The molecule has 1 amide bonds. The van der Waals surface area contributed by atoms with Crippen LogP contribution < -0.4 is 10.6 Å². The molecule has 3 aromatic rings. The molecule has 3 heterocycles. The van der Waals surface area contributed by atoms with E-state index < -0.39 is 0 Å². The number of rotatable bonds is 5. The van der Waals surface area contributed by atoms with Crippen LogP contribution >= 0.6 is 11.6 Å². The molecule has 7 nitrogen and oxygen atoms in total. The summed E-state index contributed by atoms with van der Waals surface area (Å²) in [5, 5.41) is 23.1. The Hall–Kier alpha value is -3.42. The van der Waals surface area contributed by atoms with Crippen molar-refractivity contribution in [2.24, 2.45) is 5.41 Å². The van der Waals surface area contributed by atoms with E-state index >= 15 is 0 Å². The van der Waals surface area contributed by atoms with Gasteiger partial charge in [-0.2, -0.15) is 10.2 Å². The summed E-state index contributed by atoms with van der Waals surface area (Å²) in [5.41, 5.74) is 6.38. The lowest BCUT2D eigenvalue weighted by Crippen LogP contribution is -2.63. The Labute approximate surface area is 223 Å². The molecule has 196 valence electrons. The number of halogens is 1. The molecular formula is C29H36ClN5O2. The van der Waals surface area contributed by atoms with Crippen LogP contribution in [-0.4, -0.2) is 49.0 Å². The van der Waals surface area contributed by atoms with Crippen molar-refractivity contribution in [2.75, 3.05) is 13.1 Å². The monoisotopic (exact) mass is 521 g/mol. The number of carbonyl (C=O) groups excluding carboxylic acids is 1. The summed E-state index contributed by atoms with van der Waals surface area (Å²) < 4.78 is 2.15. The molecule has 2 aliphatic rings. The van der Waals surface area contributed by atoms with Crippen molar-refractivity contribution in [3.05, 3.63) is 82.6 Å². The molecule has 1 aliphatic heterocycles. The van der Waals surface area contributed by atoms with Crippen molar-refractivity contribution >= 4 is 30.2 Å². The lowest BCUT2D eigenvalue weighted by atomic mass is 9.60. The number of benzene rings is 1. The summed E-state index contributed by atoms with van der Waals surface area (Å²) in [4.78, 5) is 13.7. The second kappa shape index (κ2) is 12.2. The number of likely N-dealkylation sites (tertiary alicyclic amines) is 1. The van der Waals surface area contributed by atoms with Gasteiger partial charge in [0.25, 0.3) is 0 Å². The number of hydrogen-bond donors (Lipinski definition) is 2. The number of aliphatic hydroxyl groups is 1. The number of aromatic nitrogens is 4. The molecule has 1 aliphatic carbocycles. The van der Waals surface area contributed by atoms with Gasteiger partial charge in [0, 0.05) is 40.5 Å². The normalized spacial score (nSPS) is 16.0. The molecule has 5 rings (SSSR count). The Morgan fingerprint density at radius 2 is 1.86 bits per heavy atom. The number of hydrogen-bond acceptors (Lipinski definition) is 4. The fourth-order valence-electron chi connectivity index (χ4n) is 5.06. The Balaban J connectivity index is 0.000000711. The first kappa shape index (κ1) is 28.2. The highest BCUT2D eigenvalue weighted by Crippen LogP contribution is 2.54. The highest BCUT2D eigenvalue weighted by atomic mass is 35.5. The summed E-state index contributed by atoms with van der Waals surface area (Å²) in [7, 11) is 0. The average molecular weight is 522 g/mol. The lowest BCUT2D eigenvalue weighted by Gasteiger charge is -2.58. The minimum atomic E-state index is 0.0160. The maximum atomic E-state index is 11.8. The first-order valence-corrected chi connectivity index (χ1v) is 12.9. The number of nitrogens with zero attached hydrogens (tertiary/aromatic N) is 4. The quantitative estimate of drug-likeness (QED) is 0.496. The number of carbonyl (C=O) groups is 1. The zero-order chi connectivity index (χ0) is 27.2. The van der Waals surface area contributed by atoms with Gasteiger partial charge in [-0.15, -0.1) is 0 Å². The molecule has 0 radical (unpaired) electrons. The van der Waals surface area contributed by atoms with E-state index in [4.69, 9.17) is 16.7 Å². The Morgan fingerprint density at radius 1 is 1.24 bits per heavy atom. The fraction of sp³-hybridized carbons (Fsp3) is 0.345. The van der Waals surface area contributed by atoms with E-state index in [0.29, 0.717) is 6.04 Å². The molecular weight excluding hydrogens is 486 g/mol. The third-order valence-corrected chi connectivity index (χ3v) is 6.88. The zero-order valence-electron chi connectivity index (χ0n) is 21.9. The Kier molecular flexibility index (Phi) is 9.29. The third kappa shape index (κ3) is 5.78. The van der Waals surface area contributed by atoms with Crippen LogP contribution in [0.1, 0.15) is 49.6 Å². The second-order valence-corrected chi connectivity index (χ2v) is 9.52. The summed E-state index contributed by atoms with van der Waals surface area (Å²) in [6, 6.07) is 8.17. The maximum absolute atomic E-state index is 11.8. The average Bonchev–Trinajstić information content (AvgIpc) is 3.42. The second-order valence-electron chi connectivity index (χ2n) is 9.21. The van der Waals surface area contributed by atoms with E-state index in [1.807, 2.05) is 43.0 Å². The summed E-state index contributed by atoms with van der Waals surface area (Å²) >= 11 is 4.76. The first-order chi connectivity index (χ1) is 17.8. The lowest BCUT2D eigenvalue weighted by molar-refractivity contribution is -0.149. The standard InChI is InChI=1S/C25H27N5O2.C2H3Cl.C2H6/c1-4-23(32)29-14-25(15-29)10-21(11-25)30-17(3)22(9-20-12-26-27-16(20)2)24(28-30)19-7-5-18(13-31)6-8-19;1-2-3;1-2/h4-9,12,21,27,31H,1-2,10-11,13-15H2,3H3;2H,1H2;1-2H3/b20-9+;;. The van der Waals surface area contributed by atoms with Gasteiger partial charge < -0.3 is 10.0 Å². The molecule has 1 saturated heterocycles. The number of amides is 1. The number of H-pyrrole nitrogens is 1. The maximum Gasteiger partial charge on any atom is 0.245 e. The third-order valence-electron chi connectivity index (χ3n) is 6.88. The van der Waals surface area contributed by atoms with Gasteiger partial charge in [0.2, 0.25) is 5.91 Å². The first-order valence-electron chi connectivity index (χ1n) is 12.5. The smallest absolute Gasteiger partial charge is 0.245 e. The highest BCUT2D eigenvalue weighted by molar-refractivity contribution is 6.25. The molecule has 1 spiro atoms. The van der Waals surface area contributed by atoms with Gasteiger partial charge in [-0.05, 0) is 43.0 Å². The van der Waals surface area contributed by atoms with Crippen LogP contribution in [-0.2, 0) is 11.4 Å². The molecule has 2 fully saturated rings. The molecule has 0 bridgehead atoms. The van der Waals surface area contributed by atoms with Gasteiger partial charge in [0.15, 0.2) is 0 Å². The Morgan fingerprint density at radius 3 is 2.38 bits per heavy atom. The van der Waals surface area contributed by atoms with Gasteiger partial charge in [-0.1, -0.05) is 69.5 Å². The van der Waals surface area contributed by atoms with Crippen molar-refractivity contribution in [3.8, 4) is 11.3 Å². The van der Waals surface area contributed by atoms with Crippen LogP contribution in [0.4, 0.5) is 0 Å². The van der Waals surface area contributed by atoms with Gasteiger partial charge in [0.05, 0.1) is 29.9 Å². The summed E-state index contributed by atoms with van der Waals surface area (Å²) in [6.07, 6.45) is 7.29. The van der Waals surface area contributed by atoms with Crippen LogP contribution in [0.25, 0.3) is 23.9 Å². The van der Waals surface area contributed by atoms with E-state index in [2.05, 4.69) is 47.6 Å². The van der Waals surface area contributed by atoms with Crippen molar-refractivity contribution < 1.29 is 9.90 Å². The van der Waals surface area contributed by atoms with Crippen molar-refractivity contribution in [3.63, 3.8) is 0 Å². The van der Waals surface area contributed by atoms with E-state index in [9.17, 15) is 9.90 Å². The van der Waals surface area contributed by atoms with E-state index in [1.54, 1.807) is 6.20 Å². The van der Waals surface area contributed by atoms with Gasteiger partial charge in [-0.25, -0.2) is 0 Å². The zero-order valence-corrected chi connectivity index (χ0v) is 22.6. The van der Waals surface area contributed by atoms with Gasteiger partial charge >= 0.3 is 0 Å². The molecule has 1 saturated carbocycles. The molecule has 8 heteroatoms. The predicted molar refractivity (Wildman–Crippen MR) is 150 cm³/mol. The van der Waals surface area contributed by atoms with Gasteiger partial charge in [-0.3, -0.25) is 14.6 Å². The van der Waals surface area contributed by atoms with E-state index in [1.165, 1.54) is 11.6 Å². The van der Waals surface area contributed by atoms with Crippen molar-refractivity contribution in [1.29, 1.82) is 0 Å². The molecule has 0 unspecified atom stereocenters. The van der Waals surface area contributed by atoms with Crippen LogP contribution in [0.15, 0.2) is 55.2 Å². The summed E-state index contributed by atoms with van der Waals surface area (Å²) in [6.45, 7) is 18.5. The molecule has 1 aromatic carbocycles. The molecule has 2 aromatic heterocycles. The molecule has 37 heavy (non-hydrogen) atoms. The van der Waals surface area contributed by atoms with Crippen LogP contribution in [0.5, 0.6) is 0 Å². The summed E-state index contributed by atoms with van der Waals surface area (Å²) in [5.74, 6) is 0.0175. The fourth-order valence-corrected chi connectivity index (χ4v) is 5.06. The van der Waals surface area contributed by atoms with E-state index in [-0.39, 0.29) is 17.9 Å². The highest BCUT2D eigenvalue weighted by Gasteiger charge is 2.54. The Bertz CT molecular complexity index is 1340. The van der Waals surface area contributed by atoms with Crippen LogP contribution in [0, 0.1) is 12.3 Å². The predicted octanol–water partition coefficient (Wildman–Crippen LogP) is 4.06. The van der Waals surface area contributed by atoms with Crippen LogP contribution in [0.3, 0.4) is 0 Å². The minimum absolute atomic E-state index is 0.0160. The number of nitrogens with one attached hydrogen (secondary N) is 1. The van der Waals surface area contributed by atoms with Crippen molar-refractivity contribution in [2.45, 2.75) is 46.3 Å². The minimum Gasteiger partial charge on any atom is -0.392 e. The van der Waals surface area contributed by atoms with Crippen LogP contribution in [0.2, 0.25) is 0 Å². The topological polar surface area (TPSA) is 87.0 Å². The molecule has 0 atom stereocenters. The van der Waals surface area contributed by atoms with Crippen molar-refractivity contribution in [1.82, 2.24) is 24.9 Å². The molecule has 2 N–H and O–H groups in total. The number of aliphatic hydroxyl groups excluding tert-OH is 1. The largest absolute Gasteiger partial charge is 0.392 e. The van der Waals surface area contributed by atoms with Gasteiger partial charge in [0.1, 0.15) is 0 Å². The van der Waals surface area contributed by atoms with E-state index in [0.717, 1.165) is 64.6 Å². The number of aromatic amines is 1.